The van der Waals surface area contributed by atoms with Gasteiger partial charge >= 0.3 is 64.1 Å². The Morgan fingerprint density at radius 1 is 0.422 bits per heavy atom. The molecule has 102 heavy (non-hydrogen) atoms. The van der Waals surface area contributed by atoms with E-state index in [1.54, 1.807) is 44.5 Å². The molecule has 0 aliphatic heterocycles. The molecule has 554 valence electrons. The van der Waals surface area contributed by atoms with Gasteiger partial charge in [0, 0.05) is 28.1 Å². The zero-order valence-corrected chi connectivity index (χ0v) is 72.4. The second-order valence-electron chi connectivity index (χ2n) is 30.9. The molecule has 6 heteroatoms. The van der Waals surface area contributed by atoms with Gasteiger partial charge in [-0.25, -0.2) is 0 Å². The molecule has 0 amide bonds. The summed E-state index contributed by atoms with van der Waals surface area (Å²) in [4.78, 5) is 0. The van der Waals surface area contributed by atoms with Gasteiger partial charge in [0.2, 0.25) is 0 Å². The zero-order valence-electron chi connectivity index (χ0n) is 65.9. The summed E-state index contributed by atoms with van der Waals surface area (Å²) in [5, 5.41) is 7.94. The predicted molar refractivity (Wildman–Crippen MR) is 445 cm³/mol. The van der Waals surface area contributed by atoms with Crippen molar-refractivity contribution in [1.82, 2.24) is 0 Å². The summed E-state index contributed by atoms with van der Waals surface area (Å²) in [5.41, 5.74) is 15.8. The van der Waals surface area contributed by atoms with Crippen molar-refractivity contribution in [2.24, 2.45) is 65.1 Å². The first-order chi connectivity index (χ1) is 47.8. The Hall–Kier alpha value is -2.67. The third kappa shape index (κ3) is 20.2. The van der Waals surface area contributed by atoms with E-state index < -0.39 is 20.8 Å². The molecule has 2 nitrogen and oxygen atoms in total. The average Bonchev–Trinajstić information content (AvgIpc) is 1.40. The van der Waals surface area contributed by atoms with Crippen molar-refractivity contribution in [2.45, 2.75) is 250 Å². The van der Waals surface area contributed by atoms with Crippen molar-refractivity contribution in [1.29, 1.82) is 0 Å². The number of nitrogens with zero attached hydrogens (tertiary/aromatic N) is 2. The van der Waals surface area contributed by atoms with Crippen molar-refractivity contribution in [3.8, 4) is 0 Å². The van der Waals surface area contributed by atoms with Gasteiger partial charge in [0.05, 0.1) is 0 Å². The number of aryl methyl sites for hydroxylation is 3. The van der Waals surface area contributed by atoms with Crippen LogP contribution in [0.4, 0.5) is 0 Å². The topological polar surface area (TPSA) is 28.2 Å². The molecule has 12 atom stereocenters. The summed E-state index contributed by atoms with van der Waals surface area (Å²) in [6, 6.07) is 37.7. The Morgan fingerprint density at radius 2 is 0.775 bits per heavy atom. The molecule has 0 bridgehead atoms. The van der Waals surface area contributed by atoms with Gasteiger partial charge in [0.15, 0.2) is 0 Å². The SMILES string of the molecule is CCCCC1=CC(C2(C3C=CC=C3)CCCc3ccccc32)c2ccccc21.CCCCC1CC(C2(C3CCCC3)CCCc3ccccc32)C2C=CC=CC12.CCCCC1CC(C2(C3CCCC3)CCCc3ccccc32)C2C=CC=CC12.CC[N-]CC.CC[N-]CC.[CH3-].[CH3-].[CH3-].[CH3-].[Cl][Zr+2][Cl].[Zr+4]. The van der Waals surface area contributed by atoms with Crippen molar-refractivity contribution in [3.63, 3.8) is 0 Å². The van der Waals surface area contributed by atoms with E-state index in [1.807, 2.05) is 27.7 Å². The van der Waals surface area contributed by atoms with Gasteiger partial charge in [-0.3, -0.25) is 0 Å². The van der Waals surface area contributed by atoms with E-state index >= 15 is 0 Å². The molecule has 0 N–H and O–H groups in total. The number of hydrogen-bond acceptors (Lipinski definition) is 0. The van der Waals surface area contributed by atoms with Gasteiger partial charge in [-0.1, -0.05) is 282 Å². The molecule has 11 aliphatic carbocycles. The second kappa shape index (κ2) is 46.0. The molecule has 4 aromatic rings. The van der Waals surface area contributed by atoms with Crippen molar-refractivity contribution >= 4 is 22.6 Å². The summed E-state index contributed by atoms with van der Waals surface area (Å²) in [5.74, 6) is 9.46. The molecule has 12 unspecified atom stereocenters. The summed E-state index contributed by atoms with van der Waals surface area (Å²) in [6.45, 7) is 19.1. The number of hydrogen-bond donors (Lipinski definition) is 0. The number of allylic oxidation sites excluding steroid dienone is 14. The van der Waals surface area contributed by atoms with Crippen LogP contribution in [-0.4, -0.2) is 26.2 Å². The molecule has 4 aromatic carbocycles. The standard InChI is InChI=1S/2C28H38.C28H30.2C4H10N.4CH3.2ClH.2Zr/c3*1-2-3-11-22-20-27(25-17-8-7-16-24(22)25)28(23-14-5-6-15-23)19-10-13-21-12-4-9-18-26(21)28;2*1-3-5-4-2;;;;;;;;/h2*4,7-9,12,16-18,22-25,27H,2-3,5-6,10-11,13-15,19-20H2,1H3;4-9,12,14-18,20,23,27H,2-3,10-11,13,19H2,1H3;2*3-4H2,1-2H3;4*1H3;2*1H;;/q;;;6*-1;;;2*+4/p-2. The van der Waals surface area contributed by atoms with Gasteiger partial charge in [-0.2, -0.15) is 26.2 Å². The third-order valence-electron chi connectivity index (χ3n) is 26.2. The van der Waals surface area contributed by atoms with Gasteiger partial charge in [-0.05, 0) is 231 Å². The maximum absolute atomic E-state index is 4.93. The Bertz CT molecular complexity index is 3100. The number of halogens is 2. The Morgan fingerprint density at radius 3 is 1.17 bits per heavy atom. The van der Waals surface area contributed by atoms with E-state index in [-0.39, 0.29) is 61.3 Å². The molecule has 15 rings (SSSR count). The molecule has 0 aromatic heterocycles. The van der Waals surface area contributed by atoms with Crippen LogP contribution < -0.4 is 0 Å². The Kier molecular flexibility index (Phi) is 40.5. The summed E-state index contributed by atoms with van der Waals surface area (Å²) in [6.07, 6.45) is 70.8. The van der Waals surface area contributed by atoms with Gasteiger partial charge in [0.25, 0.3) is 0 Å². The van der Waals surface area contributed by atoms with E-state index in [0.29, 0.717) is 22.7 Å². The first-order valence-corrected chi connectivity index (χ1v) is 46.4. The number of benzene rings is 4. The normalized spacial score (nSPS) is 28.4. The van der Waals surface area contributed by atoms with E-state index in [4.69, 9.17) is 17.0 Å². The molecule has 0 spiro atoms. The Labute approximate surface area is 666 Å². The molecule has 4 fully saturated rings. The average molecular weight is 1570 g/mol. The van der Waals surface area contributed by atoms with Gasteiger partial charge in [0.1, 0.15) is 0 Å². The summed E-state index contributed by atoms with van der Waals surface area (Å²) in [7, 11) is 9.87. The molecular weight excluding hydrogens is 1430 g/mol. The maximum atomic E-state index is 4.93. The predicted octanol–water partition coefficient (Wildman–Crippen LogP) is 28.6. The van der Waals surface area contributed by atoms with Gasteiger partial charge < -0.3 is 40.3 Å². The largest absolute Gasteiger partial charge is 4.00 e. The summed E-state index contributed by atoms with van der Waals surface area (Å²) < 4.78 is 0. The fraction of sp³-hybridized carbons (Fsp3) is 0.562. The number of rotatable bonds is 19. The van der Waals surface area contributed by atoms with Crippen LogP contribution in [0.3, 0.4) is 0 Å². The third-order valence-corrected chi connectivity index (χ3v) is 26.2. The Balaban J connectivity index is 0.000000247. The van der Waals surface area contributed by atoms with Crippen LogP contribution in [0, 0.1) is 94.8 Å². The van der Waals surface area contributed by atoms with Crippen LogP contribution in [0.1, 0.15) is 259 Å². The minimum absolute atomic E-state index is 0. The fourth-order valence-corrected chi connectivity index (χ4v) is 22.3. The molecule has 0 saturated heterocycles. The molecule has 4 saturated carbocycles. The van der Waals surface area contributed by atoms with Crippen LogP contribution in [0.15, 0.2) is 176 Å². The van der Waals surface area contributed by atoms with E-state index in [9.17, 15) is 0 Å². The van der Waals surface area contributed by atoms with E-state index in [1.165, 1.54) is 185 Å². The maximum Gasteiger partial charge on any atom is 4.00 e. The van der Waals surface area contributed by atoms with Crippen LogP contribution in [0.25, 0.3) is 16.2 Å². The van der Waals surface area contributed by atoms with Crippen LogP contribution >= 0.6 is 17.0 Å². The monoisotopic (exact) mass is 1570 g/mol. The van der Waals surface area contributed by atoms with Crippen molar-refractivity contribution in [3.05, 3.63) is 261 Å². The number of fused-ring (bicyclic) bond motifs is 6. The molecule has 11 aliphatic rings. The van der Waals surface area contributed by atoms with Gasteiger partial charge in [-0.15, -0.1) is 0 Å². The molecular formula is C96H138Cl2N2Zr2. The first-order valence-electron chi connectivity index (χ1n) is 40.1. The molecule has 0 radical (unpaired) electrons. The van der Waals surface area contributed by atoms with Crippen LogP contribution in [0.2, 0.25) is 0 Å². The quantitative estimate of drug-likeness (QED) is 0.0837. The van der Waals surface area contributed by atoms with Crippen molar-refractivity contribution < 1.29 is 47.1 Å². The zero-order chi connectivity index (χ0) is 67.9. The second-order valence-corrected chi connectivity index (χ2v) is 34.6. The summed E-state index contributed by atoms with van der Waals surface area (Å²) >= 11 is -0.826. The van der Waals surface area contributed by atoms with Crippen LogP contribution in [0.5, 0.6) is 0 Å². The molecule has 0 heterocycles. The minimum Gasteiger partial charge on any atom is 4.00 e. The van der Waals surface area contributed by atoms with E-state index in [2.05, 4.69) is 207 Å². The smallest absolute Gasteiger partial charge is 4.00 e. The first kappa shape index (κ1) is 89.9. The number of unbranched alkanes of at least 4 members (excludes halogenated alkanes) is 3. The fourth-order valence-electron chi connectivity index (χ4n) is 22.3. The van der Waals surface area contributed by atoms with E-state index in [0.717, 1.165) is 85.4 Å². The van der Waals surface area contributed by atoms with Crippen LogP contribution in [-0.2, 0) is 82.6 Å². The minimum atomic E-state index is -0.826. The van der Waals surface area contributed by atoms with Crippen molar-refractivity contribution in [2.75, 3.05) is 26.2 Å².